The Balaban J connectivity index is 2.11. The summed E-state index contributed by atoms with van der Waals surface area (Å²) in [6, 6.07) is 9.90. The third-order valence-electron chi connectivity index (χ3n) is 4.48. The molecule has 0 atom stereocenters. The number of benzene rings is 1. The van der Waals surface area contributed by atoms with Gasteiger partial charge in [0.25, 0.3) is 0 Å². The second kappa shape index (κ2) is 5.84. The van der Waals surface area contributed by atoms with Crippen LogP contribution in [0, 0.1) is 0 Å². The maximum absolute atomic E-state index is 13.1. The molecule has 0 unspecified atom stereocenters. The molecule has 0 fully saturated rings. The van der Waals surface area contributed by atoms with Crippen LogP contribution in [0.1, 0.15) is 49.3 Å². The zero-order chi connectivity index (χ0) is 18.4. The molecule has 0 N–H and O–H groups in total. The monoisotopic (exact) mass is 349 g/mol. The molecule has 2 heterocycles. The van der Waals surface area contributed by atoms with Gasteiger partial charge in [-0.25, -0.2) is 4.79 Å². The molecular weight excluding hydrogens is 334 g/mol. The molecule has 0 saturated heterocycles. The normalized spacial score (nSPS) is 12.7. The van der Waals surface area contributed by atoms with E-state index < -0.39 is 5.97 Å². The Hall–Kier alpha value is -3.41. The van der Waals surface area contributed by atoms with E-state index in [4.69, 9.17) is 9.47 Å². The largest absolute Gasteiger partial charge is 0.497 e. The number of carbonyl (C=O) groups is 3. The zero-order valence-electron chi connectivity index (χ0n) is 14.2. The Morgan fingerprint density at radius 3 is 2.42 bits per heavy atom. The van der Waals surface area contributed by atoms with Gasteiger partial charge in [0, 0.05) is 23.4 Å². The van der Waals surface area contributed by atoms with Crippen molar-refractivity contribution in [2.45, 2.75) is 6.92 Å². The Kier molecular flexibility index (Phi) is 3.61. The van der Waals surface area contributed by atoms with Gasteiger partial charge in [0.2, 0.25) is 5.78 Å². The van der Waals surface area contributed by atoms with Gasteiger partial charge in [0.05, 0.1) is 30.4 Å². The average Bonchev–Trinajstić information content (AvgIpc) is 3.01. The van der Waals surface area contributed by atoms with E-state index in [1.165, 1.54) is 7.11 Å². The summed E-state index contributed by atoms with van der Waals surface area (Å²) in [7, 11) is 1.50. The molecule has 130 valence electrons. The second-order valence-electron chi connectivity index (χ2n) is 5.84. The van der Waals surface area contributed by atoms with Crippen LogP contribution in [-0.2, 0) is 4.74 Å². The fourth-order valence-corrected chi connectivity index (χ4v) is 3.36. The Morgan fingerprint density at radius 2 is 1.77 bits per heavy atom. The van der Waals surface area contributed by atoms with Gasteiger partial charge in [-0.05, 0) is 13.0 Å². The smallest absolute Gasteiger partial charge is 0.341 e. The van der Waals surface area contributed by atoms with E-state index >= 15 is 0 Å². The lowest BCUT2D eigenvalue weighted by Gasteiger charge is -2.15. The number of hydrogen-bond donors (Lipinski definition) is 0. The second-order valence-corrected chi connectivity index (χ2v) is 5.84. The topological polar surface area (TPSA) is 74.1 Å². The Labute approximate surface area is 149 Å². The number of methoxy groups -OCH3 is 1. The molecule has 1 aromatic carbocycles. The highest BCUT2D eigenvalue weighted by molar-refractivity contribution is 6.31. The lowest BCUT2D eigenvalue weighted by molar-refractivity contribution is 0.0526. The predicted octanol–water partition coefficient (Wildman–Crippen LogP) is 2.90. The minimum atomic E-state index is -0.639. The highest BCUT2D eigenvalue weighted by Crippen LogP contribution is 2.35. The maximum Gasteiger partial charge on any atom is 0.341 e. The molecule has 0 radical (unpaired) electrons. The van der Waals surface area contributed by atoms with E-state index in [9.17, 15) is 14.4 Å². The van der Waals surface area contributed by atoms with Crippen molar-refractivity contribution in [2.24, 2.45) is 0 Å². The van der Waals surface area contributed by atoms with Gasteiger partial charge >= 0.3 is 5.97 Å². The standard InChI is InChI=1S/C20H15NO5/c1-3-26-20(24)15-14-10-11(25-2)8-9-21(14)17-16(15)18(22)12-6-4-5-7-13(12)19(17)23/h4-10H,3H2,1-2H3. The summed E-state index contributed by atoms with van der Waals surface area (Å²) in [6.45, 7) is 1.85. The van der Waals surface area contributed by atoms with Gasteiger partial charge in [-0.3, -0.25) is 9.59 Å². The summed E-state index contributed by atoms with van der Waals surface area (Å²) >= 11 is 0. The summed E-state index contributed by atoms with van der Waals surface area (Å²) in [5, 5.41) is 0. The summed E-state index contributed by atoms with van der Waals surface area (Å²) in [5.41, 5.74) is 1.37. The molecule has 0 spiro atoms. The SMILES string of the molecule is CCOC(=O)c1c2c(n3ccc(OC)cc13)C(=O)c1ccccc1C2=O. The predicted molar refractivity (Wildman–Crippen MR) is 93.2 cm³/mol. The summed E-state index contributed by atoms with van der Waals surface area (Å²) in [4.78, 5) is 38.8. The number of ketones is 2. The molecule has 0 saturated carbocycles. The van der Waals surface area contributed by atoms with Gasteiger partial charge in [0.15, 0.2) is 5.78 Å². The Bertz CT molecular complexity index is 1090. The number of hydrogen-bond acceptors (Lipinski definition) is 5. The number of esters is 1. The van der Waals surface area contributed by atoms with Gasteiger partial charge in [0.1, 0.15) is 11.4 Å². The molecule has 6 nitrogen and oxygen atoms in total. The van der Waals surface area contributed by atoms with E-state index in [1.807, 2.05) is 0 Å². The number of rotatable bonds is 3. The third kappa shape index (κ3) is 2.08. The highest BCUT2D eigenvalue weighted by Gasteiger charge is 2.38. The first-order valence-electron chi connectivity index (χ1n) is 8.16. The Morgan fingerprint density at radius 1 is 1.08 bits per heavy atom. The van der Waals surface area contributed by atoms with Crippen LogP contribution in [0.4, 0.5) is 0 Å². The molecule has 1 aliphatic rings. The zero-order valence-corrected chi connectivity index (χ0v) is 14.2. The van der Waals surface area contributed by atoms with Crippen LogP contribution in [0.15, 0.2) is 42.6 Å². The van der Waals surface area contributed by atoms with E-state index in [0.717, 1.165) is 0 Å². The molecule has 0 amide bonds. The van der Waals surface area contributed by atoms with E-state index in [2.05, 4.69) is 0 Å². The maximum atomic E-state index is 13.1. The van der Waals surface area contributed by atoms with Crippen molar-refractivity contribution in [3.05, 3.63) is 70.5 Å². The fourth-order valence-electron chi connectivity index (χ4n) is 3.36. The van der Waals surface area contributed by atoms with Crippen LogP contribution in [0.25, 0.3) is 5.52 Å². The van der Waals surface area contributed by atoms with Crippen LogP contribution in [0.2, 0.25) is 0 Å². The molecule has 26 heavy (non-hydrogen) atoms. The van der Waals surface area contributed by atoms with E-state index in [0.29, 0.717) is 22.4 Å². The van der Waals surface area contributed by atoms with Crippen LogP contribution in [0.3, 0.4) is 0 Å². The van der Waals surface area contributed by atoms with Crippen molar-refractivity contribution in [3.63, 3.8) is 0 Å². The van der Waals surface area contributed by atoms with Crippen molar-refractivity contribution in [2.75, 3.05) is 13.7 Å². The quantitative estimate of drug-likeness (QED) is 0.532. The molecule has 6 heteroatoms. The van der Waals surface area contributed by atoms with Gasteiger partial charge < -0.3 is 13.9 Å². The lowest BCUT2D eigenvalue weighted by atomic mass is 9.86. The number of nitrogens with zero attached hydrogens (tertiary/aromatic N) is 1. The molecule has 2 aromatic heterocycles. The van der Waals surface area contributed by atoms with Gasteiger partial charge in [-0.2, -0.15) is 0 Å². The summed E-state index contributed by atoms with van der Waals surface area (Å²) in [5.74, 6) is -0.790. The number of aromatic nitrogens is 1. The number of pyridine rings is 1. The lowest BCUT2D eigenvalue weighted by Crippen LogP contribution is -2.23. The van der Waals surface area contributed by atoms with E-state index in [1.54, 1.807) is 53.9 Å². The molecule has 0 bridgehead atoms. The van der Waals surface area contributed by atoms with Gasteiger partial charge in [-0.15, -0.1) is 0 Å². The number of fused-ring (bicyclic) bond motifs is 4. The summed E-state index contributed by atoms with van der Waals surface area (Å²) < 4.78 is 11.9. The molecule has 4 rings (SSSR count). The third-order valence-corrected chi connectivity index (χ3v) is 4.48. The van der Waals surface area contributed by atoms with Gasteiger partial charge in [-0.1, -0.05) is 24.3 Å². The first-order chi connectivity index (χ1) is 12.6. The minimum absolute atomic E-state index is 0.0837. The fraction of sp³-hybridized carbons (Fsp3) is 0.150. The highest BCUT2D eigenvalue weighted by atomic mass is 16.5. The van der Waals surface area contributed by atoms with Crippen molar-refractivity contribution < 1.29 is 23.9 Å². The summed E-state index contributed by atoms with van der Waals surface area (Å²) in [6.07, 6.45) is 1.62. The average molecular weight is 349 g/mol. The number of carbonyl (C=O) groups excluding carboxylic acids is 3. The van der Waals surface area contributed by atoms with Crippen LogP contribution >= 0.6 is 0 Å². The molecular formula is C20H15NO5. The number of ether oxygens (including phenoxy) is 2. The molecule has 1 aliphatic carbocycles. The first kappa shape index (κ1) is 16.1. The van der Waals surface area contributed by atoms with Crippen molar-refractivity contribution in [3.8, 4) is 5.75 Å². The minimum Gasteiger partial charge on any atom is -0.497 e. The van der Waals surface area contributed by atoms with Crippen molar-refractivity contribution in [1.82, 2.24) is 4.40 Å². The van der Waals surface area contributed by atoms with Crippen molar-refractivity contribution in [1.29, 1.82) is 0 Å². The molecule has 3 aromatic rings. The van der Waals surface area contributed by atoms with Crippen molar-refractivity contribution >= 4 is 23.1 Å². The van der Waals surface area contributed by atoms with E-state index in [-0.39, 0.29) is 35.0 Å². The first-order valence-corrected chi connectivity index (χ1v) is 8.16. The van der Waals surface area contributed by atoms with Crippen LogP contribution < -0.4 is 4.74 Å². The van der Waals surface area contributed by atoms with Crippen LogP contribution in [-0.4, -0.2) is 35.7 Å². The van der Waals surface area contributed by atoms with Crippen LogP contribution in [0.5, 0.6) is 5.75 Å². The molecule has 0 aliphatic heterocycles.